The molecular formula is C15H15BrN2O2. The monoisotopic (exact) mass is 334 g/mol. The Balaban J connectivity index is 2.25. The van der Waals surface area contributed by atoms with Gasteiger partial charge in [-0.25, -0.2) is 0 Å². The lowest BCUT2D eigenvalue weighted by atomic mass is 10.1. The molecule has 4 N–H and O–H groups in total. The predicted octanol–water partition coefficient (Wildman–Crippen LogP) is 3.06. The summed E-state index contributed by atoms with van der Waals surface area (Å²) in [4.78, 5) is 0. The standard InChI is InChI=1S/C15H15BrN2O2/c16-11-3-6-13(15(17)18)14(9-11)20-12-4-1-10(2-5-12)7-8-19/h1-6,9,19H,7-8H2,(H3,17,18). The largest absolute Gasteiger partial charge is 0.457 e. The number of ether oxygens (including phenoxy) is 1. The quantitative estimate of drug-likeness (QED) is 0.580. The van der Waals surface area contributed by atoms with Crippen LogP contribution in [0.4, 0.5) is 0 Å². The summed E-state index contributed by atoms with van der Waals surface area (Å²) >= 11 is 3.37. The summed E-state index contributed by atoms with van der Waals surface area (Å²) in [6.07, 6.45) is 0.621. The Morgan fingerprint density at radius 2 is 1.90 bits per heavy atom. The summed E-state index contributed by atoms with van der Waals surface area (Å²) in [7, 11) is 0. The second kappa shape index (κ2) is 6.54. The summed E-state index contributed by atoms with van der Waals surface area (Å²) in [6.45, 7) is 0.125. The van der Waals surface area contributed by atoms with Gasteiger partial charge in [0.15, 0.2) is 0 Å². The maximum Gasteiger partial charge on any atom is 0.139 e. The lowest BCUT2D eigenvalue weighted by Gasteiger charge is -2.11. The topological polar surface area (TPSA) is 79.3 Å². The van der Waals surface area contributed by atoms with E-state index < -0.39 is 0 Å². The number of aliphatic hydroxyl groups excluding tert-OH is 1. The van der Waals surface area contributed by atoms with Crippen LogP contribution in [0.15, 0.2) is 46.9 Å². The van der Waals surface area contributed by atoms with Gasteiger partial charge in [-0.2, -0.15) is 0 Å². The van der Waals surface area contributed by atoms with Crippen molar-refractivity contribution in [1.29, 1.82) is 5.41 Å². The Hall–Kier alpha value is -1.85. The average molecular weight is 335 g/mol. The maximum absolute atomic E-state index is 8.88. The molecule has 5 heteroatoms. The van der Waals surface area contributed by atoms with E-state index in [0.717, 1.165) is 10.0 Å². The summed E-state index contributed by atoms with van der Waals surface area (Å²) in [6, 6.07) is 12.8. The molecule has 0 amide bonds. The number of benzene rings is 2. The van der Waals surface area contributed by atoms with Crippen LogP contribution in [0.1, 0.15) is 11.1 Å². The number of halogens is 1. The van der Waals surface area contributed by atoms with E-state index in [0.29, 0.717) is 23.5 Å². The van der Waals surface area contributed by atoms with Crippen molar-refractivity contribution in [3.05, 3.63) is 58.1 Å². The zero-order valence-electron chi connectivity index (χ0n) is 10.8. The van der Waals surface area contributed by atoms with Crippen LogP contribution in [-0.4, -0.2) is 17.5 Å². The molecule has 0 radical (unpaired) electrons. The normalized spacial score (nSPS) is 10.3. The molecule has 0 aliphatic rings. The van der Waals surface area contributed by atoms with Crippen LogP contribution >= 0.6 is 15.9 Å². The molecule has 0 fully saturated rings. The number of rotatable bonds is 5. The Kier molecular flexibility index (Phi) is 4.76. The Morgan fingerprint density at radius 3 is 2.50 bits per heavy atom. The number of hydrogen-bond acceptors (Lipinski definition) is 3. The number of nitrogens with two attached hydrogens (primary N) is 1. The summed E-state index contributed by atoms with van der Waals surface area (Å²) in [5, 5.41) is 16.4. The molecule has 2 aromatic carbocycles. The van der Waals surface area contributed by atoms with Crippen LogP contribution in [0.25, 0.3) is 0 Å². The van der Waals surface area contributed by atoms with Gasteiger partial charge >= 0.3 is 0 Å². The van der Waals surface area contributed by atoms with Gasteiger partial charge in [-0.05, 0) is 42.3 Å². The molecule has 4 nitrogen and oxygen atoms in total. The van der Waals surface area contributed by atoms with Gasteiger partial charge < -0.3 is 15.6 Å². The fourth-order valence-electron chi connectivity index (χ4n) is 1.78. The molecule has 20 heavy (non-hydrogen) atoms. The summed E-state index contributed by atoms with van der Waals surface area (Å²) in [5.74, 6) is 1.15. The molecule has 0 saturated carbocycles. The molecule has 0 bridgehead atoms. The Labute approximate surface area is 125 Å². The highest BCUT2D eigenvalue weighted by Crippen LogP contribution is 2.28. The van der Waals surface area contributed by atoms with Gasteiger partial charge in [-0.1, -0.05) is 28.1 Å². The third kappa shape index (κ3) is 3.59. The molecule has 0 spiro atoms. The number of aliphatic hydroxyl groups is 1. The molecule has 0 aliphatic heterocycles. The van der Waals surface area contributed by atoms with Gasteiger partial charge in [0.1, 0.15) is 17.3 Å². The van der Waals surface area contributed by atoms with E-state index in [1.165, 1.54) is 0 Å². The fourth-order valence-corrected chi connectivity index (χ4v) is 2.12. The highest BCUT2D eigenvalue weighted by Gasteiger charge is 2.08. The lowest BCUT2D eigenvalue weighted by Crippen LogP contribution is -2.12. The van der Waals surface area contributed by atoms with E-state index in [-0.39, 0.29) is 12.4 Å². The van der Waals surface area contributed by atoms with Crippen LogP contribution in [0, 0.1) is 5.41 Å². The van der Waals surface area contributed by atoms with Gasteiger partial charge in [0.05, 0.1) is 5.56 Å². The highest BCUT2D eigenvalue weighted by molar-refractivity contribution is 9.10. The molecule has 0 saturated heterocycles. The first-order chi connectivity index (χ1) is 9.60. The minimum atomic E-state index is -0.0376. The average Bonchev–Trinajstić information content (AvgIpc) is 2.41. The number of nitrogen functional groups attached to an aromatic ring is 1. The SMILES string of the molecule is N=C(N)c1ccc(Br)cc1Oc1ccc(CCO)cc1. The summed E-state index contributed by atoms with van der Waals surface area (Å²) in [5.41, 5.74) is 7.13. The second-order valence-corrected chi connectivity index (χ2v) is 5.19. The van der Waals surface area contributed by atoms with E-state index >= 15 is 0 Å². The molecule has 0 atom stereocenters. The maximum atomic E-state index is 8.88. The van der Waals surface area contributed by atoms with Crippen molar-refractivity contribution in [2.24, 2.45) is 5.73 Å². The van der Waals surface area contributed by atoms with Crippen molar-refractivity contribution in [1.82, 2.24) is 0 Å². The van der Waals surface area contributed by atoms with Crippen molar-refractivity contribution >= 4 is 21.8 Å². The Bertz CT molecular complexity index is 612. The summed E-state index contributed by atoms with van der Waals surface area (Å²) < 4.78 is 6.63. The van der Waals surface area contributed by atoms with Crippen LogP contribution < -0.4 is 10.5 Å². The molecule has 104 valence electrons. The van der Waals surface area contributed by atoms with E-state index in [1.807, 2.05) is 30.3 Å². The molecule has 2 rings (SSSR count). The first kappa shape index (κ1) is 14.6. The Morgan fingerprint density at radius 1 is 1.20 bits per heavy atom. The van der Waals surface area contributed by atoms with Crippen molar-refractivity contribution < 1.29 is 9.84 Å². The number of amidine groups is 1. The fraction of sp³-hybridized carbons (Fsp3) is 0.133. The van der Waals surface area contributed by atoms with E-state index in [2.05, 4.69) is 15.9 Å². The minimum Gasteiger partial charge on any atom is -0.457 e. The molecule has 0 heterocycles. The van der Waals surface area contributed by atoms with Crippen molar-refractivity contribution in [2.45, 2.75) is 6.42 Å². The third-order valence-corrected chi connectivity index (χ3v) is 3.28. The highest BCUT2D eigenvalue weighted by atomic mass is 79.9. The first-order valence-corrected chi connectivity index (χ1v) is 6.91. The molecule has 0 unspecified atom stereocenters. The predicted molar refractivity (Wildman–Crippen MR) is 82.5 cm³/mol. The third-order valence-electron chi connectivity index (χ3n) is 2.79. The van der Waals surface area contributed by atoms with Gasteiger partial charge in [0, 0.05) is 11.1 Å². The van der Waals surface area contributed by atoms with E-state index in [9.17, 15) is 0 Å². The van der Waals surface area contributed by atoms with Crippen molar-refractivity contribution in [3.63, 3.8) is 0 Å². The van der Waals surface area contributed by atoms with Gasteiger partial charge in [-0.15, -0.1) is 0 Å². The molecular weight excluding hydrogens is 320 g/mol. The van der Waals surface area contributed by atoms with Crippen LogP contribution in [0.5, 0.6) is 11.5 Å². The van der Waals surface area contributed by atoms with Gasteiger partial charge in [0.25, 0.3) is 0 Å². The lowest BCUT2D eigenvalue weighted by molar-refractivity contribution is 0.299. The number of nitrogens with one attached hydrogen (secondary N) is 1. The molecule has 2 aromatic rings. The van der Waals surface area contributed by atoms with Crippen LogP contribution in [-0.2, 0) is 6.42 Å². The zero-order chi connectivity index (χ0) is 14.5. The smallest absolute Gasteiger partial charge is 0.139 e. The molecule has 0 aromatic heterocycles. The van der Waals surface area contributed by atoms with Crippen LogP contribution in [0.2, 0.25) is 0 Å². The van der Waals surface area contributed by atoms with Gasteiger partial charge in [0.2, 0.25) is 0 Å². The van der Waals surface area contributed by atoms with Gasteiger partial charge in [-0.3, -0.25) is 5.41 Å². The van der Waals surface area contributed by atoms with Crippen molar-refractivity contribution in [2.75, 3.05) is 6.61 Å². The zero-order valence-corrected chi connectivity index (χ0v) is 12.4. The van der Waals surface area contributed by atoms with Crippen LogP contribution in [0.3, 0.4) is 0 Å². The van der Waals surface area contributed by atoms with E-state index in [1.54, 1.807) is 12.1 Å². The van der Waals surface area contributed by atoms with E-state index in [4.69, 9.17) is 21.0 Å². The minimum absolute atomic E-state index is 0.0376. The second-order valence-electron chi connectivity index (χ2n) is 4.27. The molecule has 0 aliphatic carbocycles. The van der Waals surface area contributed by atoms with Crippen molar-refractivity contribution in [3.8, 4) is 11.5 Å². The first-order valence-electron chi connectivity index (χ1n) is 6.12. The number of hydrogen-bond donors (Lipinski definition) is 3.